The molecule has 2 aliphatic rings. The molecule has 4 rings (SSSR count). The number of ether oxygens (including phenoxy) is 1. The van der Waals surface area contributed by atoms with Gasteiger partial charge in [-0.2, -0.15) is 0 Å². The number of carbonyl (C=O) groups excluding carboxylic acids is 1. The molecule has 0 saturated heterocycles. The number of carbonyl (C=O) groups is 1. The molecule has 3 nitrogen and oxygen atoms in total. The van der Waals surface area contributed by atoms with Crippen LogP contribution in [0.25, 0.3) is 5.70 Å². The van der Waals surface area contributed by atoms with E-state index in [1.54, 1.807) is 7.11 Å². The summed E-state index contributed by atoms with van der Waals surface area (Å²) >= 11 is 3.60. The molecule has 1 unspecified atom stereocenters. The van der Waals surface area contributed by atoms with Crippen LogP contribution < -0.4 is 4.74 Å². The van der Waals surface area contributed by atoms with Crippen molar-refractivity contribution in [2.75, 3.05) is 7.11 Å². The molecule has 0 bridgehead atoms. The molecule has 1 heterocycles. The van der Waals surface area contributed by atoms with Crippen LogP contribution in [0, 0.1) is 5.92 Å². The van der Waals surface area contributed by atoms with Crippen LogP contribution in [0.1, 0.15) is 36.5 Å². The smallest absolute Gasteiger partial charge is 0.230 e. The highest BCUT2D eigenvalue weighted by Gasteiger charge is 2.35. The van der Waals surface area contributed by atoms with Gasteiger partial charge in [-0.25, -0.2) is 0 Å². The van der Waals surface area contributed by atoms with Gasteiger partial charge in [0.05, 0.1) is 19.4 Å². The Hall–Kier alpha value is -2.07. The second kappa shape index (κ2) is 6.92. The predicted octanol–water partition coefficient (Wildman–Crippen LogP) is 5.18. The van der Waals surface area contributed by atoms with Crippen molar-refractivity contribution in [2.24, 2.45) is 5.92 Å². The molecule has 0 spiro atoms. The van der Waals surface area contributed by atoms with Crippen LogP contribution in [0.2, 0.25) is 0 Å². The minimum absolute atomic E-state index is 0.0423. The van der Waals surface area contributed by atoms with Gasteiger partial charge in [-0.05, 0) is 60.2 Å². The lowest BCUT2D eigenvalue weighted by Gasteiger charge is -2.38. The number of hydrogen-bond acceptors (Lipinski definition) is 2. The molecule has 0 N–H and O–H groups in total. The maximum absolute atomic E-state index is 13.1. The van der Waals surface area contributed by atoms with Crippen molar-refractivity contribution < 1.29 is 9.53 Å². The summed E-state index contributed by atoms with van der Waals surface area (Å²) in [6.07, 6.45) is 2.97. The Morgan fingerprint density at radius 3 is 2.65 bits per heavy atom. The number of hydrogen-bond donors (Lipinski definition) is 0. The lowest BCUT2D eigenvalue weighted by Crippen LogP contribution is -2.39. The second-order valence-corrected chi connectivity index (χ2v) is 8.05. The highest BCUT2D eigenvalue weighted by Crippen LogP contribution is 2.42. The Labute approximate surface area is 162 Å². The Balaban J connectivity index is 1.76. The van der Waals surface area contributed by atoms with Crippen molar-refractivity contribution >= 4 is 27.5 Å². The summed E-state index contributed by atoms with van der Waals surface area (Å²) in [5.41, 5.74) is 6.19. The molecule has 0 radical (unpaired) electrons. The quantitative estimate of drug-likeness (QED) is 0.695. The van der Waals surface area contributed by atoms with Crippen molar-refractivity contribution in [1.29, 1.82) is 0 Å². The third kappa shape index (κ3) is 3.07. The van der Waals surface area contributed by atoms with Crippen LogP contribution in [-0.2, 0) is 17.8 Å². The van der Waals surface area contributed by atoms with E-state index in [-0.39, 0.29) is 11.8 Å². The van der Waals surface area contributed by atoms with Crippen molar-refractivity contribution in [2.45, 2.75) is 32.7 Å². The number of aryl methyl sites for hydroxylation is 1. The van der Waals surface area contributed by atoms with Crippen molar-refractivity contribution in [3.05, 3.63) is 69.2 Å². The van der Waals surface area contributed by atoms with Crippen molar-refractivity contribution in [3.63, 3.8) is 0 Å². The first kappa shape index (κ1) is 17.3. The van der Waals surface area contributed by atoms with Gasteiger partial charge < -0.3 is 9.64 Å². The molecule has 26 heavy (non-hydrogen) atoms. The van der Waals surface area contributed by atoms with Crippen molar-refractivity contribution in [1.82, 2.24) is 4.90 Å². The minimum Gasteiger partial charge on any atom is -0.497 e. The summed E-state index contributed by atoms with van der Waals surface area (Å²) < 4.78 is 6.30. The molecular formula is C22H22BrNO2. The zero-order valence-electron chi connectivity index (χ0n) is 15.1. The zero-order chi connectivity index (χ0) is 18.3. The Morgan fingerprint density at radius 1 is 1.15 bits per heavy atom. The molecule has 134 valence electrons. The predicted molar refractivity (Wildman–Crippen MR) is 107 cm³/mol. The van der Waals surface area contributed by atoms with Gasteiger partial charge in [0, 0.05) is 16.0 Å². The topological polar surface area (TPSA) is 29.5 Å². The maximum atomic E-state index is 13.1. The average Bonchev–Trinajstić information content (AvgIpc) is 2.65. The molecule has 0 fully saturated rings. The lowest BCUT2D eigenvalue weighted by atomic mass is 9.81. The fraction of sp³-hybridized carbons (Fsp3) is 0.318. The van der Waals surface area contributed by atoms with E-state index in [4.69, 9.17) is 4.74 Å². The Bertz CT molecular complexity index is 886. The van der Waals surface area contributed by atoms with Crippen LogP contribution in [0.4, 0.5) is 0 Å². The standard InChI is InChI=1S/C22H22BrNO2/c1-14-11-17-6-5-16-7-8-18(23)12-20(16)21(17)24(22(14)25)13-15-3-9-19(26-2)10-4-15/h3-4,7-10,12,14H,5-6,11,13H2,1-2H3. The minimum atomic E-state index is 0.0423. The van der Waals surface area contributed by atoms with Crippen LogP contribution in [-0.4, -0.2) is 17.9 Å². The summed E-state index contributed by atoms with van der Waals surface area (Å²) in [5.74, 6) is 1.09. The van der Waals surface area contributed by atoms with Gasteiger partial charge in [0.15, 0.2) is 0 Å². The van der Waals surface area contributed by atoms with E-state index < -0.39 is 0 Å². The normalized spacial score (nSPS) is 19.3. The van der Waals surface area contributed by atoms with E-state index in [0.717, 1.165) is 40.7 Å². The van der Waals surface area contributed by atoms with Gasteiger partial charge in [-0.15, -0.1) is 0 Å². The SMILES string of the molecule is COc1ccc(CN2C(=O)C(C)CC3=C2c2cc(Br)ccc2CC3)cc1. The Morgan fingerprint density at radius 2 is 1.92 bits per heavy atom. The zero-order valence-corrected chi connectivity index (χ0v) is 16.7. The molecule has 1 amide bonds. The number of rotatable bonds is 3. The van der Waals surface area contributed by atoms with Crippen LogP contribution in [0.3, 0.4) is 0 Å². The van der Waals surface area contributed by atoms with E-state index in [1.807, 2.05) is 36.1 Å². The second-order valence-electron chi connectivity index (χ2n) is 7.13. The van der Waals surface area contributed by atoms with E-state index in [9.17, 15) is 4.79 Å². The third-order valence-corrected chi connectivity index (χ3v) is 5.86. The monoisotopic (exact) mass is 411 g/mol. The number of nitrogens with zero attached hydrogens (tertiary/aromatic N) is 1. The first-order valence-corrected chi connectivity index (χ1v) is 9.81. The summed E-state index contributed by atoms with van der Waals surface area (Å²) in [4.78, 5) is 15.1. The highest BCUT2D eigenvalue weighted by atomic mass is 79.9. The van der Waals surface area contributed by atoms with Gasteiger partial charge >= 0.3 is 0 Å². The highest BCUT2D eigenvalue weighted by molar-refractivity contribution is 9.10. The molecule has 0 aromatic heterocycles. The number of benzene rings is 2. The average molecular weight is 412 g/mol. The maximum Gasteiger partial charge on any atom is 0.230 e. The molecular weight excluding hydrogens is 390 g/mol. The first-order chi connectivity index (χ1) is 12.6. The van der Waals surface area contributed by atoms with Crippen LogP contribution in [0.15, 0.2) is 52.5 Å². The molecule has 2 aromatic carbocycles. The van der Waals surface area contributed by atoms with Crippen LogP contribution >= 0.6 is 15.9 Å². The van der Waals surface area contributed by atoms with Crippen LogP contribution in [0.5, 0.6) is 5.75 Å². The van der Waals surface area contributed by atoms with Gasteiger partial charge in [0.1, 0.15) is 5.75 Å². The molecule has 4 heteroatoms. The molecule has 0 saturated carbocycles. The fourth-order valence-electron chi connectivity index (χ4n) is 4.02. The number of fused-ring (bicyclic) bond motifs is 2. The third-order valence-electron chi connectivity index (χ3n) is 5.37. The largest absolute Gasteiger partial charge is 0.497 e. The van der Waals surface area contributed by atoms with E-state index in [2.05, 4.69) is 34.1 Å². The van der Waals surface area contributed by atoms with Crippen molar-refractivity contribution in [3.8, 4) is 5.75 Å². The first-order valence-electron chi connectivity index (χ1n) is 9.02. The number of methoxy groups -OCH3 is 1. The van der Waals surface area contributed by atoms with Gasteiger partial charge in [-0.1, -0.05) is 41.1 Å². The molecule has 2 aromatic rings. The number of halogens is 1. The van der Waals surface area contributed by atoms with Gasteiger partial charge in [0.25, 0.3) is 0 Å². The summed E-state index contributed by atoms with van der Waals surface area (Å²) in [6, 6.07) is 14.4. The van der Waals surface area contributed by atoms with Gasteiger partial charge in [0.2, 0.25) is 5.91 Å². The number of amides is 1. The molecule has 1 atom stereocenters. The Kier molecular flexibility index (Phi) is 4.62. The van der Waals surface area contributed by atoms with E-state index in [1.165, 1.54) is 16.7 Å². The van der Waals surface area contributed by atoms with Gasteiger partial charge in [-0.3, -0.25) is 4.79 Å². The lowest BCUT2D eigenvalue weighted by molar-refractivity contribution is -0.132. The summed E-state index contributed by atoms with van der Waals surface area (Å²) in [5, 5.41) is 0. The van der Waals surface area contributed by atoms with E-state index >= 15 is 0 Å². The van der Waals surface area contributed by atoms with E-state index in [0.29, 0.717) is 6.54 Å². The fourth-order valence-corrected chi connectivity index (χ4v) is 4.38. The summed E-state index contributed by atoms with van der Waals surface area (Å²) in [6.45, 7) is 2.64. The summed E-state index contributed by atoms with van der Waals surface area (Å²) in [7, 11) is 1.67. The number of allylic oxidation sites excluding steroid dienone is 1. The molecule has 1 aliphatic carbocycles. The molecule has 1 aliphatic heterocycles.